The number of rotatable bonds is 10. The van der Waals surface area contributed by atoms with Gasteiger partial charge in [0, 0.05) is 0 Å². The second-order valence-corrected chi connectivity index (χ2v) is 12.4. The van der Waals surface area contributed by atoms with Crippen LogP contribution in [-0.2, 0) is 17.9 Å². The molecule has 0 N–H and O–H groups in total. The van der Waals surface area contributed by atoms with Crippen molar-refractivity contribution >= 4 is 68.0 Å². The van der Waals surface area contributed by atoms with Crippen molar-refractivity contribution in [2.75, 3.05) is 13.7 Å². The Morgan fingerprint density at radius 2 is 1.64 bits per heavy atom. The van der Waals surface area contributed by atoms with Gasteiger partial charge < -0.3 is 14.2 Å². The third kappa shape index (κ3) is 7.18. The second kappa shape index (κ2) is 14.2. The number of hydrogen-bond donors (Lipinski definition) is 0. The van der Waals surface area contributed by atoms with Crippen molar-refractivity contribution in [2.24, 2.45) is 4.99 Å². The van der Waals surface area contributed by atoms with E-state index in [9.17, 15) is 4.79 Å². The molecule has 0 aromatic heterocycles. The molecule has 0 unspecified atom stereocenters. The summed E-state index contributed by atoms with van der Waals surface area (Å²) in [5.41, 5.74) is 3.72. The van der Waals surface area contributed by atoms with E-state index in [2.05, 4.69) is 46.9 Å². The summed E-state index contributed by atoms with van der Waals surface area (Å²) < 4.78 is 18.6. The Kier molecular flexibility index (Phi) is 9.71. The summed E-state index contributed by atoms with van der Waals surface area (Å²) in [6.45, 7) is 3.23. The van der Waals surface area contributed by atoms with Crippen molar-refractivity contribution in [2.45, 2.75) is 20.1 Å². The number of hydrogen-bond acceptors (Lipinski definition) is 6. The number of halogens is 1. The normalized spacial score (nSPS) is 14.8. The Morgan fingerprint density at radius 3 is 2.42 bits per heavy atom. The van der Waals surface area contributed by atoms with Crippen molar-refractivity contribution in [3.63, 3.8) is 0 Å². The van der Waals surface area contributed by atoms with Crippen LogP contribution in [0.15, 0.2) is 119 Å². The first-order valence-electron chi connectivity index (χ1n) is 14.6. The van der Waals surface area contributed by atoms with Crippen LogP contribution in [0.25, 0.3) is 16.8 Å². The van der Waals surface area contributed by atoms with Crippen molar-refractivity contribution in [1.82, 2.24) is 4.90 Å². The molecule has 1 saturated heterocycles. The standard InChI is InChI=1S/C37H31IN2O4S/c1-3-43-33-21-26(20-32(38)35(33)44-24-28-12-9-11-27-10-7-8-15-31(27)28)22-34-36(41)40(23-25-16-18-30(42-2)19-17-25)37(45-34)39-29-13-5-4-6-14-29/h4-22H,3,23-24H2,1-2H3. The molecule has 8 heteroatoms. The summed E-state index contributed by atoms with van der Waals surface area (Å²) >= 11 is 3.65. The fourth-order valence-electron chi connectivity index (χ4n) is 5.05. The van der Waals surface area contributed by atoms with E-state index in [4.69, 9.17) is 19.2 Å². The first-order valence-corrected chi connectivity index (χ1v) is 16.5. The number of nitrogens with zero attached hydrogens (tertiary/aromatic N) is 2. The molecule has 0 radical (unpaired) electrons. The number of carbonyl (C=O) groups is 1. The molecular weight excluding hydrogens is 695 g/mol. The van der Waals surface area contributed by atoms with Gasteiger partial charge in [0.15, 0.2) is 16.7 Å². The smallest absolute Gasteiger partial charge is 0.267 e. The summed E-state index contributed by atoms with van der Waals surface area (Å²) in [4.78, 5) is 21.0. The fourth-order valence-corrected chi connectivity index (χ4v) is 6.83. The highest BCUT2D eigenvalue weighted by Gasteiger charge is 2.33. The maximum absolute atomic E-state index is 13.8. The van der Waals surface area contributed by atoms with E-state index >= 15 is 0 Å². The molecule has 1 amide bonds. The van der Waals surface area contributed by atoms with Crippen LogP contribution in [-0.4, -0.2) is 29.7 Å². The van der Waals surface area contributed by atoms with Gasteiger partial charge in [0.05, 0.1) is 34.4 Å². The van der Waals surface area contributed by atoms with Crippen molar-refractivity contribution in [1.29, 1.82) is 0 Å². The summed E-state index contributed by atoms with van der Waals surface area (Å²) in [6, 6.07) is 35.9. The predicted molar refractivity (Wildman–Crippen MR) is 191 cm³/mol. The Morgan fingerprint density at radius 1 is 0.889 bits per heavy atom. The quantitative estimate of drug-likeness (QED) is 0.106. The van der Waals surface area contributed by atoms with Gasteiger partial charge >= 0.3 is 0 Å². The van der Waals surface area contributed by atoms with Crippen LogP contribution in [0.3, 0.4) is 0 Å². The molecule has 0 atom stereocenters. The van der Waals surface area contributed by atoms with Crippen molar-refractivity contribution in [3.05, 3.63) is 134 Å². The number of fused-ring (bicyclic) bond motifs is 1. The number of ether oxygens (including phenoxy) is 3. The zero-order valence-corrected chi connectivity index (χ0v) is 27.9. The molecular formula is C37H31IN2O4S. The van der Waals surface area contributed by atoms with Crippen LogP contribution in [0.2, 0.25) is 0 Å². The molecule has 5 aromatic carbocycles. The second-order valence-electron chi connectivity index (χ2n) is 10.3. The zero-order chi connectivity index (χ0) is 31.2. The maximum atomic E-state index is 13.8. The molecule has 0 spiro atoms. The number of para-hydroxylation sites is 1. The highest BCUT2D eigenvalue weighted by atomic mass is 127. The van der Waals surface area contributed by atoms with Crippen LogP contribution in [0.1, 0.15) is 23.6 Å². The molecule has 1 aliphatic rings. The molecule has 6 nitrogen and oxygen atoms in total. The van der Waals surface area contributed by atoms with Crippen molar-refractivity contribution < 1.29 is 19.0 Å². The molecule has 5 aromatic rings. The largest absolute Gasteiger partial charge is 0.497 e. The van der Waals surface area contributed by atoms with E-state index < -0.39 is 0 Å². The number of thioether (sulfide) groups is 1. The van der Waals surface area contributed by atoms with Crippen molar-refractivity contribution in [3.8, 4) is 17.2 Å². The van der Waals surface area contributed by atoms with Gasteiger partial charge in [-0.3, -0.25) is 9.69 Å². The number of aliphatic imine (C=N–C) groups is 1. The van der Waals surface area contributed by atoms with Crippen LogP contribution < -0.4 is 14.2 Å². The molecule has 226 valence electrons. The average molecular weight is 727 g/mol. The Bertz CT molecular complexity index is 1890. The number of carbonyl (C=O) groups excluding carboxylic acids is 1. The minimum Gasteiger partial charge on any atom is -0.497 e. The molecule has 1 aliphatic heterocycles. The van der Waals surface area contributed by atoms with E-state index in [-0.39, 0.29) is 5.91 Å². The van der Waals surface area contributed by atoms with Crippen LogP contribution >= 0.6 is 34.4 Å². The molecule has 0 bridgehead atoms. The van der Waals surface area contributed by atoms with E-state index in [1.807, 2.05) is 97.9 Å². The fraction of sp³-hybridized carbons (Fsp3) is 0.135. The van der Waals surface area contributed by atoms with Gasteiger partial charge in [-0.15, -0.1) is 0 Å². The summed E-state index contributed by atoms with van der Waals surface area (Å²) in [5.74, 6) is 1.99. The monoisotopic (exact) mass is 726 g/mol. The van der Waals surface area contributed by atoms with E-state index in [1.165, 1.54) is 22.5 Å². The zero-order valence-electron chi connectivity index (χ0n) is 24.9. The van der Waals surface area contributed by atoms with E-state index in [1.54, 1.807) is 12.0 Å². The van der Waals surface area contributed by atoms with Gasteiger partial charge in [-0.25, -0.2) is 4.99 Å². The lowest BCUT2D eigenvalue weighted by atomic mass is 10.1. The average Bonchev–Trinajstić information content (AvgIpc) is 3.34. The number of benzene rings is 5. The highest BCUT2D eigenvalue weighted by Crippen LogP contribution is 2.39. The van der Waals surface area contributed by atoms with Crippen LogP contribution in [0, 0.1) is 3.57 Å². The summed E-state index contributed by atoms with van der Waals surface area (Å²) in [5, 5.41) is 2.97. The topological polar surface area (TPSA) is 60.4 Å². The number of methoxy groups -OCH3 is 1. The molecule has 1 heterocycles. The van der Waals surface area contributed by atoms with E-state index in [0.29, 0.717) is 41.3 Å². The summed E-state index contributed by atoms with van der Waals surface area (Å²) in [6.07, 6.45) is 1.90. The van der Waals surface area contributed by atoms with Gasteiger partial charge in [-0.05, 0) is 111 Å². The highest BCUT2D eigenvalue weighted by molar-refractivity contribution is 14.1. The summed E-state index contributed by atoms with van der Waals surface area (Å²) in [7, 11) is 1.64. The minimum absolute atomic E-state index is 0.102. The maximum Gasteiger partial charge on any atom is 0.267 e. The lowest BCUT2D eigenvalue weighted by molar-refractivity contribution is -0.122. The molecule has 0 saturated carbocycles. The lowest BCUT2D eigenvalue weighted by Crippen LogP contribution is -2.28. The SMILES string of the molecule is CCOc1cc(C=C2SC(=Nc3ccccc3)N(Cc3ccc(OC)cc3)C2=O)cc(I)c1OCc1cccc2ccccc12. The third-order valence-electron chi connectivity index (χ3n) is 7.25. The Balaban J connectivity index is 1.29. The first-order chi connectivity index (χ1) is 22.0. The van der Waals surface area contributed by atoms with Crippen LogP contribution in [0.5, 0.6) is 17.2 Å². The predicted octanol–water partition coefficient (Wildman–Crippen LogP) is 9.23. The van der Waals surface area contributed by atoms with Gasteiger partial charge in [0.25, 0.3) is 5.91 Å². The van der Waals surface area contributed by atoms with Gasteiger partial charge in [-0.1, -0.05) is 72.8 Å². The lowest BCUT2D eigenvalue weighted by Gasteiger charge is -2.16. The number of amidine groups is 1. The van der Waals surface area contributed by atoms with Crippen LogP contribution in [0.4, 0.5) is 5.69 Å². The van der Waals surface area contributed by atoms with Gasteiger partial charge in [-0.2, -0.15) is 0 Å². The molecule has 6 rings (SSSR count). The minimum atomic E-state index is -0.102. The van der Waals surface area contributed by atoms with E-state index in [0.717, 1.165) is 31.7 Å². The molecule has 0 aliphatic carbocycles. The Labute approximate surface area is 280 Å². The van der Waals surface area contributed by atoms with Gasteiger partial charge in [0.1, 0.15) is 12.4 Å². The molecule has 1 fully saturated rings. The Hall–Kier alpha value is -4.28. The first kappa shape index (κ1) is 30.7. The number of amides is 1. The molecule has 45 heavy (non-hydrogen) atoms. The third-order valence-corrected chi connectivity index (χ3v) is 9.06. The van der Waals surface area contributed by atoms with Gasteiger partial charge in [0.2, 0.25) is 0 Å².